The fourth-order valence-corrected chi connectivity index (χ4v) is 2.32. The number of carbonyl (C=O) groups is 1. The van der Waals surface area contributed by atoms with Gasteiger partial charge in [0, 0.05) is 5.39 Å². The van der Waals surface area contributed by atoms with Crippen molar-refractivity contribution in [3.8, 4) is 5.75 Å². The van der Waals surface area contributed by atoms with Gasteiger partial charge in [0.1, 0.15) is 10.4 Å². The largest absolute Gasteiger partial charge is 0.506 e. The minimum Gasteiger partial charge on any atom is -0.506 e. The monoisotopic (exact) mass is 342 g/mol. The van der Waals surface area contributed by atoms with E-state index >= 15 is 0 Å². The number of aromatic hydroxyl groups is 1. The minimum absolute atomic E-state index is 0.0179. The van der Waals surface area contributed by atoms with Gasteiger partial charge >= 0.3 is 0 Å². The second kappa shape index (κ2) is 5.54. The lowest BCUT2D eigenvalue weighted by Crippen LogP contribution is -2.12. The van der Waals surface area contributed by atoms with Crippen molar-refractivity contribution in [2.75, 3.05) is 5.32 Å². The van der Waals surface area contributed by atoms with Crippen molar-refractivity contribution in [1.29, 1.82) is 0 Å². The normalized spacial score (nSPS) is 10.5. The zero-order valence-electron chi connectivity index (χ0n) is 10.9. The molecule has 0 spiro atoms. The highest BCUT2D eigenvalue weighted by Gasteiger charge is 2.13. The maximum Gasteiger partial charge on any atom is 0.259 e. The molecule has 0 saturated carbocycles. The molecule has 0 unspecified atom stereocenters. The van der Waals surface area contributed by atoms with Crippen molar-refractivity contribution in [2.24, 2.45) is 0 Å². The van der Waals surface area contributed by atoms with Crippen LogP contribution < -0.4 is 5.32 Å². The number of halogens is 1. The maximum absolute atomic E-state index is 12.3. The van der Waals surface area contributed by atoms with Gasteiger partial charge in [-0.25, -0.2) is 4.98 Å². The van der Waals surface area contributed by atoms with Crippen LogP contribution in [0.15, 0.2) is 59.3 Å². The number of hydrogen-bond acceptors (Lipinski definition) is 3. The van der Waals surface area contributed by atoms with Crippen LogP contribution in [0, 0.1) is 0 Å². The van der Waals surface area contributed by atoms with Gasteiger partial charge in [-0.05, 0) is 39.5 Å². The molecule has 0 aliphatic carbocycles. The molecule has 0 fully saturated rings. The quantitative estimate of drug-likeness (QED) is 0.693. The van der Waals surface area contributed by atoms with Crippen molar-refractivity contribution in [3.63, 3.8) is 0 Å². The van der Waals surface area contributed by atoms with Crippen LogP contribution in [0.25, 0.3) is 10.8 Å². The number of nitrogens with one attached hydrogen (secondary N) is 1. The molecule has 0 bridgehead atoms. The van der Waals surface area contributed by atoms with Gasteiger partial charge in [-0.15, -0.1) is 0 Å². The predicted octanol–water partition coefficient (Wildman–Crippen LogP) is 3.96. The Hall–Kier alpha value is -2.40. The summed E-state index contributed by atoms with van der Waals surface area (Å²) in [5.74, 6) is -0.391. The zero-order chi connectivity index (χ0) is 14.8. The van der Waals surface area contributed by atoms with Crippen LogP contribution in [0.1, 0.15) is 10.4 Å². The average Bonchev–Trinajstić information content (AvgIpc) is 2.50. The molecule has 1 heterocycles. The summed E-state index contributed by atoms with van der Waals surface area (Å²) in [4.78, 5) is 16.3. The minimum atomic E-state index is -0.373. The van der Waals surface area contributed by atoms with E-state index in [0.717, 1.165) is 5.39 Å². The van der Waals surface area contributed by atoms with E-state index in [1.165, 1.54) is 0 Å². The Balaban J connectivity index is 1.94. The van der Waals surface area contributed by atoms with Crippen LogP contribution >= 0.6 is 15.9 Å². The molecule has 0 aliphatic heterocycles. The van der Waals surface area contributed by atoms with Crippen LogP contribution in [0.2, 0.25) is 0 Å². The summed E-state index contributed by atoms with van der Waals surface area (Å²) in [6.07, 6.45) is 1.54. The third kappa shape index (κ3) is 2.73. The lowest BCUT2D eigenvalue weighted by molar-refractivity contribution is 0.102. The summed E-state index contributed by atoms with van der Waals surface area (Å²) in [5.41, 5.74) is 0.798. The fourth-order valence-electron chi connectivity index (χ4n) is 2.09. The van der Waals surface area contributed by atoms with Crippen molar-refractivity contribution >= 4 is 38.3 Å². The molecule has 0 saturated heterocycles. The summed E-state index contributed by atoms with van der Waals surface area (Å²) >= 11 is 3.23. The molecule has 5 heteroatoms. The summed E-state index contributed by atoms with van der Waals surface area (Å²) in [5, 5.41) is 14.5. The summed E-state index contributed by atoms with van der Waals surface area (Å²) in [7, 11) is 0. The molecule has 0 aliphatic rings. The Kier molecular flexibility index (Phi) is 3.58. The van der Waals surface area contributed by atoms with Crippen LogP contribution in [0.4, 0.5) is 5.69 Å². The molecular formula is C16H11BrN2O2. The second-order valence-electron chi connectivity index (χ2n) is 4.51. The first-order valence-electron chi connectivity index (χ1n) is 6.29. The summed E-state index contributed by atoms with van der Waals surface area (Å²) in [6.45, 7) is 0. The SMILES string of the molecule is O=C(Nc1ccc(Br)nc1)c1ccc2ccccc2c1O. The fraction of sp³-hybridized carbons (Fsp3) is 0. The molecule has 4 nitrogen and oxygen atoms in total. The summed E-state index contributed by atoms with van der Waals surface area (Å²) in [6, 6.07) is 14.3. The number of rotatable bonds is 2. The van der Waals surface area contributed by atoms with Gasteiger partial charge in [0.05, 0.1) is 17.4 Å². The van der Waals surface area contributed by atoms with Gasteiger partial charge in [-0.3, -0.25) is 4.79 Å². The number of benzene rings is 2. The lowest BCUT2D eigenvalue weighted by atomic mass is 10.0. The number of phenolic OH excluding ortho intramolecular Hbond substituents is 1. The smallest absolute Gasteiger partial charge is 0.259 e. The standard InChI is InChI=1S/C16H11BrN2O2/c17-14-8-6-11(9-18-14)19-16(21)13-7-5-10-3-1-2-4-12(10)15(13)20/h1-9,20H,(H,19,21). The van der Waals surface area contributed by atoms with Crippen LogP contribution in [0.5, 0.6) is 5.75 Å². The third-order valence-electron chi connectivity index (χ3n) is 3.13. The number of aromatic nitrogens is 1. The highest BCUT2D eigenvalue weighted by atomic mass is 79.9. The molecule has 0 atom stereocenters. The van der Waals surface area contributed by atoms with Crippen molar-refractivity contribution in [3.05, 3.63) is 64.9 Å². The van der Waals surface area contributed by atoms with E-state index in [4.69, 9.17) is 0 Å². The van der Waals surface area contributed by atoms with E-state index in [1.807, 2.05) is 24.3 Å². The molecule has 0 radical (unpaired) electrons. The molecular weight excluding hydrogens is 332 g/mol. The van der Waals surface area contributed by atoms with Crippen molar-refractivity contribution in [2.45, 2.75) is 0 Å². The first-order valence-corrected chi connectivity index (χ1v) is 7.08. The number of carbonyl (C=O) groups excluding carboxylic acids is 1. The second-order valence-corrected chi connectivity index (χ2v) is 5.32. The first kappa shape index (κ1) is 13.6. The number of amides is 1. The van der Waals surface area contributed by atoms with Crippen LogP contribution in [0.3, 0.4) is 0 Å². The number of pyridine rings is 1. The Morgan fingerprint density at radius 3 is 2.67 bits per heavy atom. The lowest BCUT2D eigenvalue weighted by Gasteiger charge is -2.09. The van der Waals surface area contributed by atoms with Crippen molar-refractivity contribution < 1.29 is 9.90 Å². The number of nitrogens with zero attached hydrogens (tertiary/aromatic N) is 1. The maximum atomic E-state index is 12.3. The van der Waals surface area contributed by atoms with Gasteiger partial charge in [0.2, 0.25) is 0 Å². The number of fused-ring (bicyclic) bond motifs is 1. The Bertz CT molecular complexity index is 816. The molecule has 21 heavy (non-hydrogen) atoms. The number of anilines is 1. The average molecular weight is 343 g/mol. The Morgan fingerprint density at radius 2 is 1.90 bits per heavy atom. The molecule has 2 N–H and O–H groups in total. The molecule has 1 aromatic heterocycles. The molecule has 104 valence electrons. The van der Waals surface area contributed by atoms with Gasteiger partial charge in [0.15, 0.2) is 0 Å². The predicted molar refractivity (Wildman–Crippen MR) is 85.5 cm³/mol. The van der Waals surface area contributed by atoms with Gasteiger partial charge < -0.3 is 10.4 Å². The zero-order valence-corrected chi connectivity index (χ0v) is 12.5. The number of hydrogen-bond donors (Lipinski definition) is 2. The molecule has 1 amide bonds. The van der Waals surface area contributed by atoms with E-state index in [0.29, 0.717) is 15.7 Å². The van der Waals surface area contributed by atoms with Gasteiger partial charge in [0.25, 0.3) is 5.91 Å². The van der Waals surface area contributed by atoms with Crippen LogP contribution in [-0.4, -0.2) is 16.0 Å². The van der Waals surface area contributed by atoms with E-state index in [1.54, 1.807) is 30.5 Å². The van der Waals surface area contributed by atoms with Crippen LogP contribution in [-0.2, 0) is 0 Å². The Labute approximate surface area is 129 Å². The van der Waals surface area contributed by atoms with E-state index < -0.39 is 0 Å². The first-order chi connectivity index (χ1) is 10.1. The van der Waals surface area contributed by atoms with E-state index in [2.05, 4.69) is 26.2 Å². The van der Waals surface area contributed by atoms with E-state index in [-0.39, 0.29) is 17.2 Å². The van der Waals surface area contributed by atoms with Gasteiger partial charge in [-0.1, -0.05) is 30.3 Å². The Morgan fingerprint density at radius 1 is 1.10 bits per heavy atom. The molecule has 3 aromatic rings. The third-order valence-corrected chi connectivity index (χ3v) is 3.60. The molecule has 2 aromatic carbocycles. The molecule has 3 rings (SSSR count). The van der Waals surface area contributed by atoms with Gasteiger partial charge in [-0.2, -0.15) is 0 Å². The summed E-state index contributed by atoms with van der Waals surface area (Å²) < 4.78 is 0.689. The van der Waals surface area contributed by atoms with Crippen molar-refractivity contribution in [1.82, 2.24) is 4.98 Å². The highest BCUT2D eigenvalue weighted by molar-refractivity contribution is 9.10. The van der Waals surface area contributed by atoms with E-state index in [9.17, 15) is 9.90 Å². The number of phenols is 1. The topological polar surface area (TPSA) is 62.2 Å². The highest BCUT2D eigenvalue weighted by Crippen LogP contribution is 2.29.